The Morgan fingerprint density at radius 3 is 2.04 bits per heavy atom. The normalized spacial score (nSPS) is 10.1. The maximum Gasteiger partial charge on any atom is 0.310 e. The fourth-order valence-electron chi connectivity index (χ4n) is 2.56. The van der Waals surface area contributed by atoms with Crippen LogP contribution in [0.3, 0.4) is 0 Å². The molecule has 0 atom stereocenters. The van der Waals surface area contributed by atoms with Crippen LogP contribution in [0.15, 0.2) is 36.4 Å². The van der Waals surface area contributed by atoms with Gasteiger partial charge in [-0.3, -0.25) is 9.59 Å². The molecular weight excluding hydrogens is 362 g/mol. The Balaban J connectivity index is 1.85. The molecule has 0 aliphatic heterocycles. The summed E-state index contributed by atoms with van der Waals surface area (Å²) in [5, 5.41) is 2.70. The summed E-state index contributed by atoms with van der Waals surface area (Å²) in [4.78, 5) is 23.8. The van der Waals surface area contributed by atoms with Crippen LogP contribution < -0.4 is 19.5 Å². The lowest BCUT2D eigenvalue weighted by atomic mass is 10.1. The molecule has 0 unspecified atom stereocenters. The molecule has 0 aliphatic carbocycles. The van der Waals surface area contributed by atoms with Gasteiger partial charge < -0.3 is 24.3 Å². The summed E-state index contributed by atoms with van der Waals surface area (Å²) in [6.45, 7) is 1.86. The molecule has 2 aromatic carbocycles. The number of carbonyl (C=O) groups excluding carboxylic acids is 2. The standard InChI is InChI=1S/C21H25NO6/c1-14-5-7-15(8-6-14)11-20(24)28-13-19(23)22-12-16-9-17(25-2)21(27-4)18(10-16)26-3/h5-10H,11-13H2,1-4H3,(H,22,23). The average molecular weight is 387 g/mol. The van der Waals surface area contributed by atoms with Crippen molar-refractivity contribution in [3.63, 3.8) is 0 Å². The molecular formula is C21H25NO6. The number of esters is 1. The number of amides is 1. The Hall–Kier alpha value is -3.22. The SMILES string of the molecule is COc1cc(CNC(=O)COC(=O)Cc2ccc(C)cc2)cc(OC)c1OC. The zero-order valence-corrected chi connectivity index (χ0v) is 16.5. The highest BCUT2D eigenvalue weighted by Gasteiger charge is 2.14. The van der Waals surface area contributed by atoms with Crippen molar-refractivity contribution in [2.24, 2.45) is 0 Å². The second kappa shape index (κ2) is 10.2. The summed E-state index contributed by atoms with van der Waals surface area (Å²) in [7, 11) is 4.56. The van der Waals surface area contributed by atoms with Crippen molar-refractivity contribution in [1.82, 2.24) is 5.32 Å². The predicted molar refractivity (Wildman–Crippen MR) is 104 cm³/mol. The first kappa shape index (κ1) is 21.1. The van der Waals surface area contributed by atoms with E-state index in [1.165, 1.54) is 21.3 Å². The molecule has 0 heterocycles. The van der Waals surface area contributed by atoms with Gasteiger partial charge in [-0.05, 0) is 30.2 Å². The van der Waals surface area contributed by atoms with E-state index in [1.54, 1.807) is 12.1 Å². The molecule has 7 heteroatoms. The van der Waals surface area contributed by atoms with E-state index in [-0.39, 0.29) is 19.6 Å². The largest absolute Gasteiger partial charge is 0.493 e. The molecule has 0 saturated carbocycles. The van der Waals surface area contributed by atoms with Crippen molar-refractivity contribution >= 4 is 11.9 Å². The maximum atomic E-state index is 12.0. The molecule has 0 aromatic heterocycles. The van der Waals surface area contributed by atoms with E-state index < -0.39 is 11.9 Å². The molecule has 1 N–H and O–H groups in total. The van der Waals surface area contributed by atoms with Gasteiger partial charge in [-0.25, -0.2) is 0 Å². The Kier molecular flexibility index (Phi) is 7.68. The molecule has 28 heavy (non-hydrogen) atoms. The first-order valence-corrected chi connectivity index (χ1v) is 8.73. The number of hydrogen-bond acceptors (Lipinski definition) is 6. The van der Waals surface area contributed by atoms with Crippen LogP contribution in [-0.4, -0.2) is 39.8 Å². The number of methoxy groups -OCH3 is 3. The highest BCUT2D eigenvalue weighted by Crippen LogP contribution is 2.38. The van der Waals surface area contributed by atoms with Gasteiger partial charge in [0.1, 0.15) is 0 Å². The highest BCUT2D eigenvalue weighted by atomic mass is 16.5. The quantitative estimate of drug-likeness (QED) is 0.666. The summed E-state index contributed by atoms with van der Waals surface area (Å²) in [5.41, 5.74) is 2.71. The molecule has 0 fully saturated rings. The second-order valence-corrected chi connectivity index (χ2v) is 6.13. The fraction of sp³-hybridized carbons (Fsp3) is 0.333. The first-order chi connectivity index (χ1) is 13.5. The van der Waals surface area contributed by atoms with Crippen LogP contribution in [0, 0.1) is 6.92 Å². The highest BCUT2D eigenvalue weighted by molar-refractivity contribution is 5.81. The van der Waals surface area contributed by atoms with E-state index in [0.29, 0.717) is 17.2 Å². The van der Waals surface area contributed by atoms with Gasteiger partial charge >= 0.3 is 5.97 Å². The molecule has 7 nitrogen and oxygen atoms in total. The van der Waals surface area contributed by atoms with Crippen molar-refractivity contribution in [3.8, 4) is 17.2 Å². The minimum absolute atomic E-state index is 0.125. The topological polar surface area (TPSA) is 83.1 Å². The Morgan fingerprint density at radius 2 is 1.50 bits per heavy atom. The number of hydrogen-bond donors (Lipinski definition) is 1. The molecule has 0 bridgehead atoms. The lowest BCUT2D eigenvalue weighted by Crippen LogP contribution is -2.28. The monoisotopic (exact) mass is 387 g/mol. The van der Waals surface area contributed by atoms with E-state index in [9.17, 15) is 9.59 Å². The van der Waals surface area contributed by atoms with Crippen LogP contribution in [0.5, 0.6) is 17.2 Å². The Morgan fingerprint density at radius 1 is 0.893 bits per heavy atom. The molecule has 150 valence electrons. The summed E-state index contributed by atoms with van der Waals surface area (Å²) < 4.78 is 20.9. The molecule has 0 spiro atoms. The third kappa shape index (κ3) is 5.90. The molecule has 2 aromatic rings. The van der Waals surface area contributed by atoms with E-state index >= 15 is 0 Å². The lowest BCUT2D eigenvalue weighted by molar-refractivity contribution is -0.147. The van der Waals surface area contributed by atoms with E-state index in [1.807, 2.05) is 31.2 Å². The summed E-state index contributed by atoms with van der Waals surface area (Å²) >= 11 is 0. The summed E-state index contributed by atoms with van der Waals surface area (Å²) in [5.74, 6) is 0.620. The van der Waals surface area contributed by atoms with Crippen LogP contribution in [-0.2, 0) is 27.3 Å². The molecule has 1 amide bonds. The van der Waals surface area contributed by atoms with Gasteiger partial charge in [-0.15, -0.1) is 0 Å². The average Bonchev–Trinajstić information content (AvgIpc) is 2.71. The Labute approximate surface area is 164 Å². The number of aryl methyl sites for hydroxylation is 1. The fourth-order valence-corrected chi connectivity index (χ4v) is 2.56. The predicted octanol–water partition coefficient (Wildman–Crippen LogP) is 2.42. The molecule has 0 saturated heterocycles. The smallest absolute Gasteiger partial charge is 0.310 e. The third-order valence-corrected chi connectivity index (χ3v) is 4.05. The van der Waals surface area contributed by atoms with Crippen LogP contribution in [0.1, 0.15) is 16.7 Å². The van der Waals surface area contributed by atoms with Crippen molar-refractivity contribution in [1.29, 1.82) is 0 Å². The number of ether oxygens (including phenoxy) is 4. The van der Waals surface area contributed by atoms with Crippen molar-refractivity contribution in [3.05, 3.63) is 53.1 Å². The van der Waals surface area contributed by atoms with Gasteiger partial charge in [-0.1, -0.05) is 29.8 Å². The molecule has 0 radical (unpaired) electrons. The van der Waals surface area contributed by atoms with Gasteiger partial charge in [0.05, 0.1) is 27.8 Å². The number of rotatable bonds is 9. The Bertz CT molecular complexity index is 791. The van der Waals surface area contributed by atoms with Crippen LogP contribution in [0.25, 0.3) is 0 Å². The maximum absolute atomic E-state index is 12.0. The van der Waals surface area contributed by atoms with Crippen molar-refractivity contribution < 1.29 is 28.5 Å². The summed E-state index contributed by atoms with van der Waals surface area (Å²) in [6, 6.07) is 11.1. The van der Waals surface area contributed by atoms with Gasteiger partial charge in [0, 0.05) is 6.54 Å². The minimum atomic E-state index is -0.452. The minimum Gasteiger partial charge on any atom is -0.493 e. The van der Waals surface area contributed by atoms with Crippen molar-refractivity contribution in [2.75, 3.05) is 27.9 Å². The van der Waals surface area contributed by atoms with E-state index in [4.69, 9.17) is 18.9 Å². The van der Waals surface area contributed by atoms with Crippen molar-refractivity contribution in [2.45, 2.75) is 19.9 Å². The van der Waals surface area contributed by atoms with E-state index in [2.05, 4.69) is 5.32 Å². The molecule has 2 rings (SSSR count). The van der Waals surface area contributed by atoms with Crippen LogP contribution >= 0.6 is 0 Å². The zero-order valence-electron chi connectivity index (χ0n) is 16.5. The summed E-state index contributed by atoms with van der Waals surface area (Å²) in [6.07, 6.45) is 0.125. The number of benzene rings is 2. The lowest BCUT2D eigenvalue weighted by Gasteiger charge is -2.14. The van der Waals surface area contributed by atoms with Crippen LogP contribution in [0.4, 0.5) is 0 Å². The number of carbonyl (C=O) groups is 2. The third-order valence-electron chi connectivity index (χ3n) is 4.05. The second-order valence-electron chi connectivity index (χ2n) is 6.13. The van der Waals surface area contributed by atoms with Gasteiger partial charge in [0.15, 0.2) is 18.1 Å². The zero-order chi connectivity index (χ0) is 20.5. The van der Waals surface area contributed by atoms with Gasteiger partial charge in [-0.2, -0.15) is 0 Å². The van der Waals surface area contributed by atoms with Gasteiger partial charge in [0.2, 0.25) is 5.75 Å². The van der Waals surface area contributed by atoms with Crippen LogP contribution in [0.2, 0.25) is 0 Å². The van der Waals surface area contributed by atoms with Gasteiger partial charge in [0.25, 0.3) is 5.91 Å². The molecule has 0 aliphatic rings. The number of nitrogens with one attached hydrogen (secondary N) is 1. The first-order valence-electron chi connectivity index (χ1n) is 8.73. The van der Waals surface area contributed by atoms with E-state index in [0.717, 1.165) is 16.7 Å².